The normalized spacial score (nSPS) is 16.2. The van der Waals surface area contributed by atoms with Crippen molar-refractivity contribution in [1.29, 1.82) is 0 Å². The number of aliphatic carboxylic acids is 1. The van der Waals surface area contributed by atoms with Gasteiger partial charge in [-0.05, 0) is 31.1 Å². The Labute approximate surface area is 99.6 Å². The second-order valence-corrected chi connectivity index (χ2v) is 6.48. The van der Waals surface area contributed by atoms with Crippen LogP contribution in [0.5, 0.6) is 0 Å². The standard InChI is InChI=1S/C13H27NO2/c1-10(2)7-8-13(6,11(15)16)14-9-12(3,4)5/h10,14H,7-9H2,1-6H3,(H,15,16). The molecule has 16 heavy (non-hydrogen) atoms. The van der Waals surface area contributed by atoms with Crippen molar-refractivity contribution >= 4 is 5.97 Å². The molecule has 3 nitrogen and oxygen atoms in total. The Morgan fingerprint density at radius 2 is 1.75 bits per heavy atom. The van der Waals surface area contributed by atoms with E-state index >= 15 is 0 Å². The van der Waals surface area contributed by atoms with Gasteiger partial charge in [-0.3, -0.25) is 4.79 Å². The third kappa shape index (κ3) is 6.11. The molecular weight excluding hydrogens is 202 g/mol. The Balaban J connectivity index is 4.40. The van der Waals surface area contributed by atoms with Gasteiger partial charge in [0.25, 0.3) is 0 Å². The highest BCUT2D eigenvalue weighted by Crippen LogP contribution is 2.19. The minimum absolute atomic E-state index is 0.106. The topological polar surface area (TPSA) is 49.3 Å². The van der Waals surface area contributed by atoms with Crippen molar-refractivity contribution in [3.05, 3.63) is 0 Å². The summed E-state index contributed by atoms with van der Waals surface area (Å²) in [4.78, 5) is 11.3. The number of hydrogen-bond donors (Lipinski definition) is 2. The minimum atomic E-state index is -0.794. The van der Waals surface area contributed by atoms with E-state index in [-0.39, 0.29) is 5.41 Å². The van der Waals surface area contributed by atoms with Crippen LogP contribution in [0.3, 0.4) is 0 Å². The highest BCUT2D eigenvalue weighted by Gasteiger charge is 2.33. The fraction of sp³-hybridized carbons (Fsp3) is 0.923. The fourth-order valence-electron chi connectivity index (χ4n) is 1.31. The average molecular weight is 229 g/mol. The van der Waals surface area contributed by atoms with Crippen molar-refractivity contribution in [1.82, 2.24) is 5.32 Å². The quantitative estimate of drug-likeness (QED) is 0.736. The molecular formula is C13H27NO2. The van der Waals surface area contributed by atoms with E-state index in [1.54, 1.807) is 6.92 Å². The van der Waals surface area contributed by atoms with Crippen LogP contribution >= 0.6 is 0 Å². The highest BCUT2D eigenvalue weighted by molar-refractivity contribution is 5.78. The molecule has 1 atom stereocenters. The van der Waals surface area contributed by atoms with Crippen molar-refractivity contribution in [2.24, 2.45) is 11.3 Å². The lowest BCUT2D eigenvalue weighted by Gasteiger charge is -2.31. The molecule has 2 N–H and O–H groups in total. The molecule has 3 heteroatoms. The van der Waals surface area contributed by atoms with Gasteiger partial charge in [0.2, 0.25) is 0 Å². The van der Waals surface area contributed by atoms with Gasteiger partial charge in [0.05, 0.1) is 0 Å². The van der Waals surface area contributed by atoms with Gasteiger partial charge in [-0.25, -0.2) is 0 Å². The van der Waals surface area contributed by atoms with Crippen molar-refractivity contribution in [3.8, 4) is 0 Å². The van der Waals surface area contributed by atoms with Crippen LogP contribution in [0.15, 0.2) is 0 Å². The molecule has 0 spiro atoms. The minimum Gasteiger partial charge on any atom is -0.480 e. The number of rotatable bonds is 6. The summed E-state index contributed by atoms with van der Waals surface area (Å²) in [6.45, 7) is 13.0. The number of carboxylic acid groups (broad SMARTS) is 1. The molecule has 0 aromatic rings. The molecule has 0 saturated carbocycles. The van der Waals surface area contributed by atoms with Gasteiger partial charge in [-0.15, -0.1) is 0 Å². The van der Waals surface area contributed by atoms with E-state index in [4.69, 9.17) is 0 Å². The first-order valence-electron chi connectivity index (χ1n) is 6.05. The smallest absolute Gasteiger partial charge is 0.323 e. The van der Waals surface area contributed by atoms with Gasteiger partial charge in [0, 0.05) is 6.54 Å². The lowest BCUT2D eigenvalue weighted by Crippen LogP contribution is -2.52. The van der Waals surface area contributed by atoms with Gasteiger partial charge >= 0.3 is 5.97 Å². The Morgan fingerprint density at radius 1 is 1.25 bits per heavy atom. The van der Waals surface area contributed by atoms with E-state index in [2.05, 4.69) is 39.9 Å². The zero-order valence-corrected chi connectivity index (χ0v) is 11.6. The Bertz CT molecular complexity index is 231. The van der Waals surface area contributed by atoms with Gasteiger partial charge < -0.3 is 10.4 Å². The van der Waals surface area contributed by atoms with Gasteiger partial charge in [0.1, 0.15) is 5.54 Å². The molecule has 0 radical (unpaired) electrons. The maximum atomic E-state index is 11.3. The van der Waals surface area contributed by atoms with Crippen LogP contribution < -0.4 is 5.32 Å². The molecule has 0 heterocycles. The summed E-state index contributed by atoms with van der Waals surface area (Å²) in [6, 6.07) is 0. The van der Waals surface area contributed by atoms with E-state index in [0.717, 1.165) is 6.42 Å². The van der Waals surface area contributed by atoms with Crippen LogP contribution in [-0.2, 0) is 4.79 Å². The molecule has 0 aliphatic carbocycles. The summed E-state index contributed by atoms with van der Waals surface area (Å²) >= 11 is 0. The zero-order chi connectivity index (χ0) is 13.0. The number of hydrogen-bond acceptors (Lipinski definition) is 2. The van der Waals surface area contributed by atoms with Crippen molar-refractivity contribution < 1.29 is 9.90 Å². The third-order valence-electron chi connectivity index (χ3n) is 2.70. The van der Waals surface area contributed by atoms with Gasteiger partial charge in [-0.2, -0.15) is 0 Å². The summed E-state index contributed by atoms with van der Waals surface area (Å²) in [7, 11) is 0. The number of nitrogens with one attached hydrogen (secondary N) is 1. The molecule has 0 saturated heterocycles. The Hall–Kier alpha value is -0.570. The molecule has 0 aliphatic heterocycles. The zero-order valence-electron chi connectivity index (χ0n) is 11.6. The van der Waals surface area contributed by atoms with E-state index < -0.39 is 11.5 Å². The number of carboxylic acids is 1. The van der Waals surface area contributed by atoms with Crippen LogP contribution in [0, 0.1) is 11.3 Å². The van der Waals surface area contributed by atoms with Crippen LogP contribution in [0.25, 0.3) is 0 Å². The lowest BCUT2D eigenvalue weighted by molar-refractivity contribution is -0.144. The van der Waals surface area contributed by atoms with Crippen LogP contribution in [0.1, 0.15) is 54.4 Å². The van der Waals surface area contributed by atoms with Crippen LogP contribution in [0.4, 0.5) is 0 Å². The summed E-state index contributed by atoms with van der Waals surface area (Å²) in [5.74, 6) is -0.215. The molecule has 0 fully saturated rings. The molecule has 1 unspecified atom stereocenters. The predicted molar refractivity (Wildman–Crippen MR) is 67.6 cm³/mol. The van der Waals surface area contributed by atoms with Crippen LogP contribution in [-0.4, -0.2) is 23.2 Å². The maximum absolute atomic E-state index is 11.3. The second-order valence-electron chi connectivity index (χ2n) is 6.48. The maximum Gasteiger partial charge on any atom is 0.323 e. The first-order chi connectivity index (χ1) is 7.07. The van der Waals surface area contributed by atoms with E-state index in [1.807, 2.05) is 0 Å². The van der Waals surface area contributed by atoms with E-state index in [1.165, 1.54) is 0 Å². The molecule has 0 aromatic carbocycles. The molecule has 0 aromatic heterocycles. The van der Waals surface area contributed by atoms with Gasteiger partial charge in [0.15, 0.2) is 0 Å². The molecule has 0 amide bonds. The van der Waals surface area contributed by atoms with Gasteiger partial charge in [-0.1, -0.05) is 34.6 Å². The van der Waals surface area contributed by atoms with Crippen LogP contribution in [0.2, 0.25) is 0 Å². The molecule has 0 bridgehead atoms. The first kappa shape index (κ1) is 15.4. The molecule has 0 aliphatic rings. The van der Waals surface area contributed by atoms with E-state index in [9.17, 15) is 9.90 Å². The Morgan fingerprint density at radius 3 is 2.06 bits per heavy atom. The molecule has 0 rings (SSSR count). The monoisotopic (exact) mass is 229 g/mol. The summed E-state index contributed by atoms with van der Waals surface area (Å²) in [6.07, 6.45) is 1.61. The highest BCUT2D eigenvalue weighted by atomic mass is 16.4. The first-order valence-corrected chi connectivity index (χ1v) is 6.05. The third-order valence-corrected chi connectivity index (χ3v) is 2.70. The SMILES string of the molecule is CC(C)CCC(C)(NCC(C)(C)C)C(=O)O. The lowest BCUT2D eigenvalue weighted by atomic mass is 9.89. The predicted octanol–water partition coefficient (Wildman–Crippen LogP) is 2.90. The van der Waals surface area contributed by atoms with Crippen molar-refractivity contribution in [3.63, 3.8) is 0 Å². The van der Waals surface area contributed by atoms with E-state index in [0.29, 0.717) is 18.9 Å². The summed E-state index contributed by atoms with van der Waals surface area (Å²) < 4.78 is 0. The second kappa shape index (κ2) is 5.67. The van der Waals surface area contributed by atoms with Crippen molar-refractivity contribution in [2.75, 3.05) is 6.54 Å². The number of carbonyl (C=O) groups is 1. The Kier molecular flexibility index (Phi) is 5.47. The largest absolute Gasteiger partial charge is 0.480 e. The molecule has 96 valence electrons. The summed E-state index contributed by atoms with van der Waals surface area (Å²) in [5, 5.41) is 12.5. The summed E-state index contributed by atoms with van der Waals surface area (Å²) in [5.41, 5.74) is -0.688. The van der Waals surface area contributed by atoms with Crippen molar-refractivity contribution in [2.45, 2.75) is 59.9 Å². The average Bonchev–Trinajstić information content (AvgIpc) is 2.10. The fourth-order valence-corrected chi connectivity index (χ4v) is 1.31.